The van der Waals surface area contributed by atoms with E-state index in [1.807, 2.05) is 24.3 Å². The maximum atomic E-state index is 3.61. The van der Waals surface area contributed by atoms with Gasteiger partial charge in [-0.05, 0) is 24.3 Å². The molecule has 4 heterocycles. The Balaban J connectivity index is 0. The SMILES string of the molecule is C1=CN=C1.C1=CN=C1.C1=CN=C1.C1=CN=C1.[Rh].[Rh]. The topological polar surface area (TPSA) is 49.4 Å². The quantitative estimate of drug-likeness (QED) is 0.543. The van der Waals surface area contributed by atoms with E-state index >= 15 is 0 Å². The molecule has 0 saturated heterocycles. The molecule has 4 aliphatic rings. The maximum absolute atomic E-state index is 3.61. The van der Waals surface area contributed by atoms with Crippen molar-refractivity contribution in [2.24, 2.45) is 20.0 Å². The van der Waals surface area contributed by atoms with Gasteiger partial charge in [-0.15, -0.1) is 0 Å². The van der Waals surface area contributed by atoms with Crippen LogP contribution in [-0.4, -0.2) is 24.9 Å². The average molecular weight is 418 g/mol. The van der Waals surface area contributed by atoms with Gasteiger partial charge in [0.15, 0.2) is 0 Å². The number of aliphatic imine (C=N–C) groups is 4. The van der Waals surface area contributed by atoms with Gasteiger partial charge >= 0.3 is 0 Å². The molecule has 0 aromatic carbocycles. The molecule has 0 aliphatic carbocycles. The molecule has 0 bridgehead atoms. The minimum Gasteiger partial charge on any atom is -0.265 e. The third-order valence-electron chi connectivity index (χ3n) is 1.38. The number of rotatable bonds is 0. The number of allylic oxidation sites excluding steroid dienone is 4. The van der Waals surface area contributed by atoms with Gasteiger partial charge in [0, 0.05) is 88.6 Å². The molecule has 0 saturated carbocycles. The van der Waals surface area contributed by atoms with Crippen LogP contribution >= 0.6 is 0 Å². The second kappa shape index (κ2) is 15.9. The monoisotopic (exact) mass is 418 g/mol. The minimum atomic E-state index is 0. The molecule has 0 N–H and O–H groups in total. The average Bonchev–Trinajstić information content (AvgIpc) is 1.62. The molecule has 0 unspecified atom stereocenters. The van der Waals surface area contributed by atoms with Crippen LogP contribution in [0.1, 0.15) is 0 Å². The van der Waals surface area contributed by atoms with Crippen molar-refractivity contribution in [1.29, 1.82) is 0 Å². The van der Waals surface area contributed by atoms with Gasteiger partial charge in [-0.3, -0.25) is 20.0 Å². The van der Waals surface area contributed by atoms with E-state index in [2.05, 4.69) is 20.0 Å². The van der Waals surface area contributed by atoms with Crippen LogP contribution < -0.4 is 0 Å². The van der Waals surface area contributed by atoms with Crippen molar-refractivity contribution in [3.8, 4) is 0 Å². The molecule has 4 nitrogen and oxygen atoms in total. The molecule has 98 valence electrons. The molecule has 2 radical (unpaired) electrons. The summed E-state index contributed by atoms with van der Waals surface area (Å²) in [4.78, 5) is 14.4. The summed E-state index contributed by atoms with van der Waals surface area (Å²) in [7, 11) is 0. The van der Waals surface area contributed by atoms with Gasteiger partial charge in [-0.25, -0.2) is 0 Å². The molecule has 0 spiro atoms. The van der Waals surface area contributed by atoms with Crippen LogP contribution in [0.15, 0.2) is 69.1 Å². The molecule has 0 fully saturated rings. The summed E-state index contributed by atoms with van der Waals surface area (Å²) in [6.45, 7) is 0. The fourth-order valence-electron chi connectivity index (χ4n) is 0.344. The molecular formula is C12H12N4Rh2. The number of hydrogen-bond donors (Lipinski definition) is 0. The van der Waals surface area contributed by atoms with E-state index in [9.17, 15) is 0 Å². The summed E-state index contributed by atoms with van der Waals surface area (Å²) >= 11 is 0. The summed E-state index contributed by atoms with van der Waals surface area (Å²) < 4.78 is 0. The Morgan fingerprint density at radius 3 is 0.444 bits per heavy atom. The van der Waals surface area contributed by atoms with Gasteiger partial charge in [0.05, 0.1) is 0 Å². The first-order valence-electron chi connectivity index (χ1n) is 4.73. The molecule has 0 aromatic rings. The number of hydrogen-bond acceptors (Lipinski definition) is 4. The van der Waals surface area contributed by atoms with Gasteiger partial charge in [0.2, 0.25) is 0 Å². The maximum Gasteiger partial charge on any atom is 0.0283 e. The standard InChI is InChI=1S/4C3H3N.2Rh/c4*1-2-4-3-1;;/h4*1-3H;;. The van der Waals surface area contributed by atoms with Crippen LogP contribution in [-0.2, 0) is 39.0 Å². The van der Waals surface area contributed by atoms with E-state index in [1.165, 1.54) is 0 Å². The van der Waals surface area contributed by atoms with E-state index in [4.69, 9.17) is 0 Å². The fourth-order valence-corrected chi connectivity index (χ4v) is 0.344. The largest absolute Gasteiger partial charge is 0.265 e. The van der Waals surface area contributed by atoms with Crippen LogP contribution in [0, 0.1) is 0 Å². The molecule has 4 rings (SSSR count). The van der Waals surface area contributed by atoms with Crippen molar-refractivity contribution in [1.82, 2.24) is 0 Å². The molecule has 6 heteroatoms. The smallest absolute Gasteiger partial charge is 0.0283 e. The molecule has 0 amide bonds. The molecule has 18 heavy (non-hydrogen) atoms. The Labute approximate surface area is 132 Å². The Bertz CT molecular complexity index is 264. The van der Waals surface area contributed by atoms with E-state index in [0.717, 1.165) is 0 Å². The normalized spacial score (nSPS) is 14.2. The van der Waals surface area contributed by atoms with Crippen molar-refractivity contribution in [2.45, 2.75) is 0 Å². The first-order chi connectivity index (χ1) is 8.00. The Morgan fingerprint density at radius 1 is 0.389 bits per heavy atom. The second-order valence-electron chi connectivity index (χ2n) is 2.56. The Hall–Kier alpha value is -1.11. The zero-order valence-electron chi connectivity index (χ0n) is 9.38. The van der Waals surface area contributed by atoms with Crippen molar-refractivity contribution in [3.05, 3.63) is 49.1 Å². The van der Waals surface area contributed by atoms with Crippen LogP contribution in [0.5, 0.6) is 0 Å². The first kappa shape index (κ1) is 19.2. The third-order valence-corrected chi connectivity index (χ3v) is 1.38. The van der Waals surface area contributed by atoms with Crippen molar-refractivity contribution in [3.63, 3.8) is 0 Å². The fraction of sp³-hybridized carbons (Fsp3) is 0. The zero-order chi connectivity index (χ0) is 11.3. The Morgan fingerprint density at radius 2 is 0.444 bits per heavy atom. The van der Waals surface area contributed by atoms with E-state index in [1.54, 1.807) is 49.7 Å². The second-order valence-corrected chi connectivity index (χ2v) is 2.56. The Kier molecular flexibility index (Phi) is 17.0. The molecular weight excluding hydrogens is 406 g/mol. The van der Waals surface area contributed by atoms with Crippen LogP contribution in [0.3, 0.4) is 0 Å². The third kappa shape index (κ3) is 13.0. The van der Waals surface area contributed by atoms with Gasteiger partial charge < -0.3 is 0 Å². The van der Waals surface area contributed by atoms with Crippen LogP contribution in [0.2, 0.25) is 0 Å². The molecule has 0 atom stereocenters. The van der Waals surface area contributed by atoms with E-state index in [0.29, 0.717) is 0 Å². The van der Waals surface area contributed by atoms with Crippen LogP contribution in [0.4, 0.5) is 0 Å². The summed E-state index contributed by atoms with van der Waals surface area (Å²) in [6, 6.07) is 0. The van der Waals surface area contributed by atoms with Gasteiger partial charge in [-0.2, -0.15) is 0 Å². The molecule has 0 aromatic heterocycles. The van der Waals surface area contributed by atoms with E-state index in [-0.39, 0.29) is 39.0 Å². The predicted molar refractivity (Wildman–Crippen MR) is 70.5 cm³/mol. The summed E-state index contributed by atoms with van der Waals surface area (Å²) in [5.74, 6) is 0. The van der Waals surface area contributed by atoms with E-state index < -0.39 is 0 Å². The van der Waals surface area contributed by atoms with Crippen molar-refractivity contribution in [2.75, 3.05) is 0 Å². The van der Waals surface area contributed by atoms with Gasteiger partial charge in [0.25, 0.3) is 0 Å². The van der Waals surface area contributed by atoms with Gasteiger partial charge in [0.1, 0.15) is 0 Å². The van der Waals surface area contributed by atoms with Crippen molar-refractivity contribution < 1.29 is 39.0 Å². The number of nitrogens with zero attached hydrogens (tertiary/aromatic N) is 4. The molecule has 4 aliphatic heterocycles. The summed E-state index contributed by atoms with van der Waals surface area (Å²) in [5.41, 5.74) is 0. The summed E-state index contributed by atoms with van der Waals surface area (Å²) in [6.07, 6.45) is 21.6. The van der Waals surface area contributed by atoms with Crippen molar-refractivity contribution >= 4 is 24.9 Å². The zero-order valence-corrected chi connectivity index (χ0v) is 12.7. The minimum absolute atomic E-state index is 0. The first-order valence-corrected chi connectivity index (χ1v) is 4.73. The van der Waals surface area contributed by atoms with Crippen LogP contribution in [0.25, 0.3) is 0 Å². The van der Waals surface area contributed by atoms with Gasteiger partial charge in [-0.1, -0.05) is 0 Å². The predicted octanol–water partition coefficient (Wildman–Crippen LogP) is 2.33. The summed E-state index contributed by atoms with van der Waals surface area (Å²) in [5, 5.41) is 0.